The van der Waals surface area contributed by atoms with Crippen molar-refractivity contribution in [1.82, 2.24) is 0 Å². The third-order valence-electron chi connectivity index (χ3n) is 2.63. The molecule has 2 unspecified atom stereocenters. The molecule has 1 rings (SSSR count). The Hall–Kier alpha value is -1.48. The zero-order chi connectivity index (χ0) is 16.7. The Morgan fingerprint density at radius 1 is 0.714 bits per heavy atom. The first kappa shape index (κ1) is 17.6. The molecule has 1 aromatic rings. The molecule has 0 bridgehead atoms. The smallest absolute Gasteiger partial charge is 0.230 e. The van der Waals surface area contributed by atoms with Gasteiger partial charge in [-0.25, -0.2) is 8.78 Å². The van der Waals surface area contributed by atoms with Crippen LogP contribution in [0.3, 0.4) is 0 Å². The van der Waals surface area contributed by atoms with Crippen molar-refractivity contribution >= 4 is 0 Å². The summed E-state index contributed by atoms with van der Waals surface area (Å²) in [6, 6.07) is 2.82. The molecule has 0 N–H and O–H groups in total. The second-order valence-electron chi connectivity index (χ2n) is 4.05. The van der Waals surface area contributed by atoms with Gasteiger partial charge in [0, 0.05) is 5.56 Å². The summed E-state index contributed by atoms with van der Waals surface area (Å²) in [5.74, 6) is -6.40. The quantitative estimate of drug-likeness (QED) is 0.689. The van der Waals surface area contributed by atoms with Gasteiger partial charge in [0.2, 0.25) is 0 Å². The zero-order valence-corrected chi connectivity index (χ0v) is 9.74. The van der Waals surface area contributed by atoms with E-state index in [0.29, 0.717) is 12.1 Å². The normalized spacial score (nSPS) is 18.2. The highest BCUT2D eigenvalue weighted by molar-refractivity contribution is 5.28. The Balaban J connectivity index is 3.54. The maximum atomic E-state index is 14.0. The first-order valence-corrected chi connectivity index (χ1v) is 5.16. The van der Waals surface area contributed by atoms with Gasteiger partial charge in [-0.2, -0.15) is 35.1 Å². The summed E-state index contributed by atoms with van der Waals surface area (Å²) in [4.78, 5) is 0. The van der Waals surface area contributed by atoms with Crippen LogP contribution in [-0.4, -0.2) is 24.4 Å². The molecular formula is C11H6F10. The number of hydrogen-bond acceptors (Lipinski definition) is 0. The van der Waals surface area contributed by atoms with Crippen molar-refractivity contribution in [2.75, 3.05) is 0 Å². The maximum absolute atomic E-state index is 14.0. The summed E-state index contributed by atoms with van der Waals surface area (Å²) >= 11 is 0. The molecule has 0 radical (unpaired) electrons. The van der Waals surface area contributed by atoms with Crippen molar-refractivity contribution in [2.45, 2.75) is 30.1 Å². The first-order valence-electron chi connectivity index (χ1n) is 5.16. The van der Waals surface area contributed by atoms with Crippen molar-refractivity contribution in [1.29, 1.82) is 0 Å². The van der Waals surface area contributed by atoms with Crippen LogP contribution in [0.25, 0.3) is 0 Å². The summed E-state index contributed by atoms with van der Waals surface area (Å²) in [6.07, 6.45) is -18.1. The van der Waals surface area contributed by atoms with Gasteiger partial charge >= 0.3 is 18.3 Å². The van der Waals surface area contributed by atoms with Crippen LogP contribution in [0.5, 0.6) is 0 Å². The molecule has 0 heterocycles. The van der Waals surface area contributed by atoms with Crippen molar-refractivity contribution in [3.8, 4) is 0 Å². The average molecular weight is 328 g/mol. The maximum Gasteiger partial charge on any atom is 0.432 e. The predicted octanol–water partition coefficient (Wildman–Crippen LogP) is 4.95. The SMILES string of the molecule is FC(C(F)(F)F)C(F)(F)C(F)(c1ccccc1)C(F)(F)F. The summed E-state index contributed by atoms with van der Waals surface area (Å²) in [7, 11) is 0. The second kappa shape index (κ2) is 5.06. The molecule has 2 atom stereocenters. The van der Waals surface area contributed by atoms with Gasteiger partial charge in [-0.15, -0.1) is 0 Å². The van der Waals surface area contributed by atoms with E-state index in [1.807, 2.05) is 0 Å². The lowest BCUT2D eigenvalue weighted by atomic mass is 9.85. The van der Waals surface area contributed by atoms with Gasteiger partial charge in [0.15, 0.2) is 0 Å². The monoisotopic (exact) mass is 328 g/mol. The van der Waals surface area contributed by atoms with Gasteiger partial charge in [0.1, 0.15) is 0 Å². The van der Waals surface area contributed by atoms with Crippen molar-refractivity contribution < 1.29 is 43.9 Å². The Kier molecular flexibility index (Phi) is 4.23. The zero-order valence-electron chi connectivity index (χ0n) is 9.74. The van der Waals surface area contributed by atoms with Gasteiger partial charge in [-0.05, 0) is 0 Å². The van der Waals surface area contributed by atoms with Crippen molar-refractivity contribution in [3.63, 3.8) is 0 Å². The highest BCUT2D eigenvalue weighted by Crippen LogP contribution is 2.56. The van der Waals surface area contributed by atoms with E-state index < -0.39 is 35.7 Å². The molecule has 0 saturated carbocycles. The molecule has 0 nitrogen and oxygen atoms in total. The van der Waals surface area contributed by atoms with Gasteiger partial charge in [0.05, 0.1) is 0 Å². The molecule has 0 aromatic heterocycles. The van der Waals surface area contributed by atoms with Gasteiger partial charge in [0.25, 0.3) is 11.8 Å². The standard InChI is InChI=1S/C11H6F10/c12-7(10(16,17)18)9(14,15)8(13,11(19,20)21)6-4-2-1-3-5-6/h1-5,7H. The number of halogens is 10. The molecule has 0 saturated heterocycles. The van der Waals surface area contributed by atoms with Gasteiger partial charge in [-0.3, -0.25) is 0 Å². The van der Waals surface area contributed by atoms with E-state index in [1.165, 1.54) is 0 Å². The molecule has 0 aliphatic heterocycles. The molecule has 0 fully saturated rings. The van der Waals surface area contributed by atoms with E-state index in [2.05, 4.69) is 0 Å². The minimum absolute atomic E-state index is 0.199. The van der Waals surface area contributed by atoms with E-state index in [1.54, 1.807) is 0 Å². The Labute approximate surface area is 111 Å². The molecule has 1 aromatic carbocycles. The van der Waals surface area contributed by atoms with Crippen LogP contribution in [0.1, 0.15) is 5.56 Å². The van der Waals surface area contributed by atoms with Crippen molar-refractivity contribution in [2.24, 2.45) is 0 Å². The lowest BCUT2D eigenvalue weighted by Gasteiger charge is -2.37. The minimum atomic E-state index is -6.46. The Morgan fingerprint density at radius 3 is 1.48 bits per heavy atom. The summed E-state index contributed by atoms with van der Waals surface area (Å²) in [5.41, 5.74) is -7.65. The fourth-order valence-corrected chi connectivity index (χ4v) is 1.59. The van der Waals surface area contributed by atoms with Crippen LogP contribution in [0.4, 0.5) is 43.9 Å². The first-order chi connectivity index (χ1) is 9.26. The fourth-order valence-electron chi connectivity index (χ4n) is 1.59. The highest BCUT2D eigenvalue weighted by atomic mass is 19.4. The van der Waals surface area contributed by atoms with Crippen LogP contribution in [-0.2, 0) is 5.67 Å². The lowest BCUT2D eigenvalue weighted by molar-refractivity contribution is -0.351. The molecular weight excluding hydrogens is 322 g/mol. The second-order valence-corrected chi connectivity index (χ2v) is 4.05. The highest BCUT2D eigenvalue weighted by Gasteiger charge is 2.78. The molecule has 0 amide bonds. The third-order valence-corrected chi connectivity index (χ3v) is 2.63. The van der Waals surface area contributed by atoms with E-state index >= 15 is 0 Å². The molecule has 0 aliphatic carbocycles. The number of benzene rings is 1. The Morgan fingerprint density at radius 2 is 1.14 bits per heavy atom. The van der Waals surface area contributed by atoms with Crippen LogP contribution >= 0.6 is 0 Å². The van der Waals surface area contributed by atoms with Crippen LogP contribution in [0.15, 0.2) is 30.3 Å². The fraction of sp³-hybridized carbons (Fsp3) is 0.455. The number of hydrogen-bond donors (Lipinski definition) is 0. The summed E-state index contributed by atoms with van der Waals surface area (Å²) in [5, 5.41) is 0. The van der Waals surface area contributed by atoms with Crippen LogP contribution in [0, 0.1) is 0 Å². The number of alkyl halides is 10. The largest absolute Gasteiger partial charge is 0.432 e. The molecule has 10 heteroatoms. The molecule has 120 valence electrons. The summed E-state index contributed by atoms with van der Waals surface area (Å²) < 4.78 is 127. The van der Waals surface area contributed by atoms with Crippen LogP contribution in [0.2, 0.25) is 0 Å². The van der Waals surface area contributed by atoms with E-state index in [4.69, 9.17) is 0 Å². The van der Waals surface area contributed by atoms with E-state index in [0.717, 1.165) is 6.07 Å². The third kappa shape index (κ3) is 2.80. The molecule has 21 heavy (non-hydrogen) atoms. The minimum Gasteiger partial charge on any atom is -0.230 e. The molecule has 0 aliphatic rings. The number of rotatable bonds is 3. The average Bonchev–Trinajstić information content (AvgIpc) is 2.35. The van der Waals surface area contributed by atoms with E-state index in [9.17, 15) is 43.9 Å². The van der Waals surface area contributed by atoms with E-state index in [-0.39, 0.29) is 12.1 Å². The molecule has 0 spiro atoms. The predicted molar refractivity (Wildman–Crippen MR) is 51.2 cm³/mol. The van der Waals surface area contributed by atoms with Crippen molar-refractivity contribution in [3.05, 3.63) is 35.9 Å². The van der Waals surface area contributed by atoms with Gasteiger partial charge in [-0.1, -0.05) is 30.3 Å². The Bertz CT molecular complexity index is 474. The topological polar surface area (TPSA) is 0 Å². The van der Waals surface area contributed by atoms with Gasteiger partial charge < -0.3 is 0 Å². The van der Waals surface area contributed by atoms with Crippen LogP contribution < -0.4 is 0 Å². The summed E-state index contributed by atoms with van der Waals surface area (Å²) in [6.45, 7) is 0. The lowest BCUT2D eigenvalue weighted by Crippen LogP contribution is -2.60.